The number of piperazine rings is 1. The van der Waals surface area contributed by atoms with E-state index in [4.69, 9.17) is 9.47 Å². The smallest absolute Gasteiger partial charge is 0.229 e. The predicted octanol–water partition coefficient (Wildman–Crippen LogP) is 0.350. The van der Waals surface area contributed by atoms with E-state index in [9.17, 15) is 13.2 Å². The van der Waals surface area contributed by atoms with Gasteiger partial charge in [-0.2, -0.15) is 4.31 Å². The molecule has 2 heterocycles. The number of methoxy groups -OCH3 is 1. The van der Waals surface area contributed by atoms with Crippen molar-refractivity contribution in [1.82, 2.24) is 9.21 Å². The van der Waals surface area contributed by atoms with Gasteiger partial charge < -0.3 is 14.4 Å². The number of rotatable bonds is 3. The molecule has 0 aromatic heterocycles. The summed E-state index contributed by atoms with van der Waals surface area (Å²) in [6.07, 6.45) is 1.83. The zero-order chi connectivity index (χ0) is 17.3. The number of hydrogen-bond acceptors (Lipinski definition) is 5. The fraction of sp³-hybridized carbons (Fsp3) is 0.562. The van der Waals surface area contributed by atoms with Gasteiger partial charge in [0.25, 0.3) is 0 Å². The van der Waals surface area contributed by atoms with Crippen molar-refractivity contribution in [2.75, 3.05) is 46.2 Å². The summed E-state index contributed by atoms with van der Waals surface area (Å²) in [5, 5.41) is 0. The second-order valence-corrected chi connectivity index (χ2v) is 8.16. The van der Waals surface area contributed by atoms with Crippen molar-refractivity contribution in [1.29, 1.82) is 0 Å². The Labute approximate surface area is 142 Å². The molecule has 1 atom stereocenters. The van der Waals surface area contributed by atoms with Crippen LogP contribution in [-0.2, 0) is 21.2 Å². The fourth-order valence-corrected chi connectivity index (χ4v) is 3.96. The van der Waals surface area contributed by atoms with E-state index in [2.05, 4.69) is 0 Å². The van der Waals surface area contributed by atoms with Crippen LogP contribution in [0.2, 0.25) is 0 Å². The Kier molecular flexibility index (Phi) is 4.69. The highest BCUT2D eigenvalue weighted by molar-refractivity contribution is 7.88. The van der Waals surface area contributed by atoms with Gasteiger partial charge in [0.15, 0.2) is 0 Å². The number of ether oxygens (including phenoxy) is 2. The number of nitrogens with zero attached hydrogens (tertiary/aromatic N) is 2. The highest BCUT2D eigenvalue weighted by Crippen LogP contribution is 2.31. The van der Waals surface area contributed by atoms with Crippen LogP contribution in [0, 0.1) is 5.92 Å². The summed E-state index contributed by atoms with van der Waals surface area (Å²) >= 11 is 0. The fourth-order valence-electron chi connectivity index (χ4n) is 3.14. The summed E-state index contributed by atoms with van der Waals surface area (Å²) < 4.78 is 35.4. The molecule has 7 nitrogen and oxygen atoms in total. The van der Waals surface area contributed by atoms with Crippen molar-refractivity contribution in [2.24, 2.45) is 5.92 Å². The molecule has 8 heteroatoms. The van der Waals surface area contributed by atoms with E-state index in [1.807, 2.05) is 18.2 Å². The van der Waals surface area contributed by atoms with Gasteiger partial charge >= 0.3 is 0 Å². The number of hydrogen-bond donors (Lipinski definition) is 0. The topological polar surface area (TPSA) is 76.2 Å². The molecule has 0 bridgehead atoms. The van der Waals surface area contributed by atoms with E-state index in [1.54, 1.807) is 12.0 Å². The largest absolute Gasteiger partial charge is 0.497 e. The van der Waals surface area contributed by atoms with Crippen molar-refractivity contribution in [3.05, 3.63) is 23.8 Å². The van der Waals surface area contributed by atoms with Crippen molar-refractivity contribution in [3.63, 3.8) is 0 Å². The van der Waals surface area contributed by atoms with Gasteiger partial charge in [0.05, 0.1) is 19.3 Å². The summed E-state index contributed by atoms with van der Waals surface area (Å²) in [6, 6.07) is 5.62. The summed E-state index contributed by atoms with van der Waals surface area (Å²) in [7, 11) is -1.58. The lowest BCUT2D eigenvalue weighted by molar-refractivity contribution is -0.138. The minimum Gasteiger partial charge on any atom is -0.497 e. The standard InChI is InChI=1S/C16H22N2O5S/c1-22-14-4-3-12-9-13(11-23-15(12)10-14)16(19)17-5-7-18(8-6-17)24(2,20)21/h3-4,10,13H,5-9,11H2,1-2H3. The Hall–Kier alpha value is -1.80. The van der Waals surface area contributed by atoms with Crippen molar-refractivity contribution in [2.45, 2.75) is 6.42 Å². The van der Waals surface area contributed by atoms with Crippen LogP contribution < -0.4 is 9.47 Å². The zero-order valence-electron chi connectivity index (χ0n) is 13.9. The van der Waals surface area contributed by atoms with Gasteiger partial charge in [0.2, 0.25) is 15.9 Å². The third kappa shape index (κ3) is 3.49. The van der Waals surface area contributed by atoms with E-state index in [0.717, 1.165) is 17.1 Å². The molecule has 24 heavy (non-hydrogen) atoms. The lowest BCUT2D eigenvalue weighted by Crippen LogP contribution is -2.52. The first-order valence-electron chi connectivity index (χ1n) is 7.92. The molecule has 0 radical (unpaired) electrons. The molecular formula is C16H22N2O5S. The lowest BCUT2D eigenvalue weighted by atomic mass is 9.95. The molecule has 1 aromatic rings. The maximum atomic E-state index is 12.7. The van der Waals surface area contributed by atoms with Crippen LogP contribution in [0.15, 0.2) is 18.2 Å². The van der Waals surface area contributed by atoms with E-state index >= 15 is 0 Å². The zero-order valence-corrected chi connectivity index (χ0v) is 14.7. The third-order valence-electron chi connectivity index (χ3n) is 4.55. The predicted molar refractivity (Wildman–Crippen MR) is 88.7 cm³/mol. The second kappa shape index (κ2) is 6.60. The third-order valence-corrected chi connectivity index (χ3v) is 5.85. The Morgan fingerprint density at radius 3 is 2.58 bits per heavy atom. The molecule has 0 N–H and O–H groups in total. The normalized spacial score (nSPS) is 21.8. The van der Waals surface area contributed by atoms with Gasteiger partial charge in [0.1, 0.15) is 18.1 Å². The summed E-state index contributed by atoms with van der Waals surface area (Å²) in [4.78, 5) is 14.4. The molecule has 3 rings (SSSR count). The van der Waals surface area contributed by atoms with Crippen molar-refractivity contribution < 1.29 is 22.7 Å². The van der Waals surface area contributed by atoms with Gasteiger partial charge in [-0.3, -0.25) is 4.79 Å². The molecule has 0 saturated carbocycles. The molecule has 1 amide bonds. The summed E-state index contributed by atoms with van der Waals surface area (Å²) in [5.41, 5.74) is 0.996. The molecule has 2 aliphatic rings. The minimum absolute atomic E-state index is 0.0321. The maximum absolute atomic E-state index is 12.7. The first-order valence-corrected chi connectivity index (χ1v) is 9.77. The second-order valence-electron chi connectivity index (χ2n) is 6.17. The van der Waals surface area contributed by atoms with E-state index in [1.165, 1.54) is 10.6 Å². The number of carbonyl (C=O) groups is 1. The molecular weight excluding hydrogens is 332 g/mol. The first-order chi connectivity index (χ1) is 11.4. The van der Waals surface area contributed by atoms with Crippen LogP contribution in [0.3, 0.4) is 0 Å². The molecule has 1 fully saturated rings. The Balaban J connectivity index is 1.63. The van der Waals surface area contributed by atoms with Gasteiger partial charge in [-0.25, -0.2) is 8.42 Å². The van der Waals surface area contributed by atoms with E-state index in [0.29, 0.717) is 39.2 Å². The van der Waals surface area contributed by atoms with Crippen LogP contribution in [0.5, 0.6) is 11.5 Å². The van der Waals surface area contributed by atoms with Gasteiger partial charge in [0, 0.05) is 32.2 Å². The van der Waals surface area contributed by atoms with Crippen LogP contribution in [-0.4, -0.2) is 69.7 Å². The minimum atomic E-state index is -3.19. The monoisotopic (exact) mass is 354 g/mol. The molecule has 132 valence electrons. The average molecular weight is 354 g/mol. The SMILES string of the molecule is COc1ccc2c(c1)OCC(C(=O)N1CCN(S(C)(=O)=O)CC1)C2. The van der Waals surface area contributed by atoms with Gasteiger partial charge in [-0.05, 0) is 18.1 Å². The van der Waals surface area contributed by atoms with Crippen LogP contribution in [0.4, 0.5) is 0 Å². The van der Waals surface area contributed by atoms with Crippen LogP contribution in [0.25, 0.3) is 0 Å². The number of fused-ring (bicyclic) bond motifs is 1. The number of benzene rings is 1. The van der Waals surface area contributed by atoms with Crippen molar-refractivity contribution in [3.8, 4) is 11.5 Å². The number of sulfonamides is 1. The Morgan fingerprint density at radius 2 is 1.96 bits per heavy atom. The van der Waals surface area contributed by atoms with Crippen molar-refractivity contribution >= 4 is 15.9 Å². The number of amides is 1. The Bertz CT molecular complexity index is 726. The molecule has 2 aliphatic heterocycles. The van der Waals surface area contributed by atoms with Crippen LogP contribution >= 0.6 is 0 Å². The lowest BCUT2D eigenvalue weighted by Gasteiger charge is -2.36. The van der Waals surface area contributed by atoms with Gasteiger partial charge in [-0.1, -0.05) is 6.07 Å². The maximum Gasteiger partial charge on any atom is 0.229 e. The molecule has 1 aromatic carbocycles. The quantitative estimate of drug-likeness (QED) is 0.783. The van der Waals surface area contributed by atoms with E-state index < -0.39 is 10.0 Å². The number of carbonyl (C=O) groups excluding carboxylic acids is 1. The molecule has 1 saturated heterocycles. The Morgan fingerprint density at radius 1 is 1.25 bits per heavy atom. The molecule has 0 spiro atoms. The van der Waals surface area contributed by atoms with Gasteiger partial charge in [-0.15, -0.1) is 0 Å². The molecule has 1 unspecified atom stereocenters. The van der Waals surface area contributed by atoms with Crippen LogP contribution in [0.1, 0.15) is 5.56 Å². The molecule has 0 aliphatic carbocycles. The van der Waals surface area contributed by atoms with E-state index in [-0.39, 0.29) is 11.8 Å². The highest BCUT2D eigenvalue weighted by atomic mass is 32.2. The summed E-state index contributed by atoms with van der Waals surface area (Å²) in [5.74, 6) is 1.30. The average Bonchev–Trinajstić information content (AvgIpc) is 2.59. The highest BCUT2D eigenvalue weighted by Gasteiger charge is 2.32. The summed E-state index contributed by atoms with van der Waals surface area (Å²) in [6.45, 7) is 1.90. The first kappa shape index (κ1) is 17.0.